The van der Waals surface area contributed by atoms with Crippen molar-refractivity contribution in [2.75, 3.05) is 11.1 Å². The fraction of sp³-hybridized carbons (Fsp3) is 0.308. The van der Waals surface area contributed by atoms with Crippen LogP contribution >= 0.6 is 11.3 Å². The van der Waals surface area contributed by atoms with Gasteiger partial charge in [-0.2, -0.15) is 0 Å². The SMILES string of the molecule is Cc1nc(C)c(C(C)Nc2cccc(S(N)(=O)=O)c2N)s1. The molecule has 0 aliphatic rings. The molecule has 1 aromatic heterocycles. The van der Waals surface area contributed by atoms with Crippen LogP contribution in [0.5, 0.6) is 0 Å². The molecule has 8 heteroatoms. The van der Waals surface area contributed by atoms with Crippen LogP contribution in [0.2, 0.25) is 0 Å². The number of thiazole rings is 1. The molecule has 0 bridgehead atoms. The molecule has 2 aromatic rings. The van der Waals surface area contributed by atoms with E-state index in [1.54, 1.807) is 23.5 Å². The Hall–Kier alpha value is -1.64. The summed E-state index contributed by atoms with van der Waals surface area (Å²) in [7, 11) is -3.84. The monoisotopic (exact) mass is 326 g/mol. The van der Waals surface area contributed by atoms with Gasteiger partial charge in [-0.15, -0.1) is 11.3 Å². The number of para-hydroxylation sites is 1. The summed E-state index contributed by atoms with van der Waals surface area (Å²) < 4.78 is 23.0. The first kappa shape index (κ1) is 15.7. The van der Waals surface area contributed by atoms with E-state index >= 15 is 0 Å². The topological polar surface area (TPSA) is 111 Å². The molecule has 0 spiro atoms. The molecule has 6 nitrogen and oxygen atoms in total. The lowest BCUT2D eigenvalue weighted by molar-refractivity contribution is 0.598. The average molecular weight is 326 g/mol. The lowest BCUT2D eigenvalue weighted by atomic mass is 10.2. The number of nitrogens with two attached hydrogens (primary N) is 2. The molecule has 5 N–H and O–H groups in total. The van der Waals surface area contributed by atoms with Crippen molar-refractivity contribution in [2.45, 2.75) is 31.7 Å². The summed E-state index contributed by atoms with van der Waals surface area (Å²) >= 11 is 1.60. The Labute approximate surface area is 128 Å². The van der Waals surface area contributed by atoms with Gasteiger partial charge >= 0.3 is 0 Å². The molecule has 1 aromatic carbocycles. The number of rotatable bonds is 4. The first-order valence-corrected chi connectivity index (χ1v) is 8.68. The molecule has 0 aliphatic carbocycles. The normalized spacial score (nSPS) is 13.1. The van der Waals surface area contributed by atoms with Gasteiger partial charge in [-0.1, -0.05) is 6.07 Å². The van der Waals surface area contributed by atoms with Crippen molar-refractivity contribution < 1.29 is 8.42 Å². The molecule has 1 unspecified atom stereocenters. The number of hydrogen-bond donors (Lipinski definition) is 3. The van der Waals surface area contributed by atoms with Gasteiger partial charge in [0.15, 0.2) is 0 Å². The molecule has 114 valence electrons. The second kappa shape index (κ2) is 5.63. The second-order valence-corrected chi connectivity index (χ2v) is 7.58. The number of sulfonamides is 1. The van der Waals surface area contributed by atoms with E-state index < -0.39 is 10.0 Å². The lowest BCUT2D eigenvalue weighted by Crippen LogP contribution is -2.16. The lowest BCUT2D eigenvalue weighted by Gasteiger charge is -2.17. The van der Waals surface area contributed by atoms with Gasteiger partial charge in [-0.3, -0.25) is 0 Å². The van der Waals surface area contributed by atoms with Crippen LogP contribution in [0.15, 0.2) is 23.1 Å². The third-order valence-electron chi connectivity index (χ3n) is 3.08. The summed E-state index contributed by atoms with van der Waals surface area (Å²) in [5.74, 6) is 0. The van der Waals surface area contributed by atoms with Gasteiger partial charge in [0.05, 0.1) is 28.1 Å². The maximum absolute atomic E-state index is 11.5. The van der Waals surface area contributed by atoms with Crippen molar-refractivity contribution in [3.05, 3.63) is 33.8 Å². The maximum atomic E-state index is 11.5. The number of nitrogens with zero attached hydrogens (tertiary/aromatic N) is 1. The Kier molecular flexibility index (Phi) is 4.22. The highest BCUT2D eigenvalue weighted by Gasteiger charge is 2.18. The van der Waals surface area contributed by atoms with Gasteiger partial charge in [0.1, 0.15) is 4.90 Å². The minimum atomic E-state index is -3.84. The van der Waals surface area contributed by atoms with E-state index in [1.807, 2.05) is 20.8 Å². The van der Waals surface area contributed by atoms with Gasteiger partial charge in [0, 0.05) is 4.88 Å². The number of anilines is 2. The van der Waals surface area contributed by atoms with Crippen LogP contribution in [0.4, 0.5) is 11.4 Å². The first-order valence-electron chi connectivity index (χ1n) is 6.32. The number of benzene rings is 1. The molecule has 1 heterocycles. The van der Waals surface area contributed by atoms with Crippen molar-refractivity contribution in [1.82, 2.24) is 4.98 Å². The minimum absolute atomic E-state index is 0.0331. The predicted molar refractivity (Wildman–Crippen MR) is 85.9 cm³/mol. The highest BCUT2D eigenvalue weighted by molar-refractivity contribution is 7.89. The maximum Gasteiger partial charge on any atom is 0.240 e. The van der Waals surface area contributed by atoms with E-state index in [2.05, 4.69) is 10.3 Å². The zero-order chi connectivity index (χ0) is 15.8. The summed E-state index contributed by atoms with van der Waals surface area (Å²) in [6.07, 6.45) is 0. The van der Waals surface area contributed by atoms with Crippen molar-refractivity contribution in [3.8, 4) is 0 Å². The van der Waals surface area contributed by atoms with Crippen LogP contribution in [0.25, 0.3) is 0 Å². The molecule has 0 saturated heterocycles. The van der Waals surface area contributed by atoms with Crippen LogP contribution < -0.4 is 16.2 Å². The molecule has 0 radical (unpaired) electrons. The third-order valence-corrected chi connectivity index (χ3v) is 5.30. The quantitative estimate of drug-likeness (QED) is 0.746. The smallest absolute Gasteiger partial charge is 0.240 e. The van der Waals surface area contributed by atoms with Gasteiger partial charge < -0.3 is 11.1 Å². The van der Waals surface area contributed by atoms with Crippen molar-refractivity contribution in [2.24, 2.45) is 5.14 Å². The number of nitrogens with one attached hydrogen (secondary N) is 1. The van der Waals surface area contributed by atoms with E-state index in [0.29, 0.717) is 5.69 Å². The fourth-order valence-corrected chi connectivity index (χ4v) is 3.78. The van der Waals surface area contributed by atoms with Crippen molar-refractivity contribution >= 4 is 32.7 Å². The Bertz CT molecular complexity index is 768. The number of nitrogen functional groups attached to an aromatic ring is 1. The molecule has 0 saturated carbocycles. The summed E-state index contributed by atoms with van der Waals surface area (Å²) in [5, 5.41) is 9.36. The molecule has 21 heavy (non-hydrogen) atoms. The molecule has 2 rings (SSSR count). The number of aryl methyl sites for hydroxylation is 2. The predicted octanol–water partition coefficient (Wildman–Crippen LogP) is 2.16. The zero-order valence-electron chi connectivity index (χ0n) is 12.0. The summed E-state index contributed by atoms with van der Waals surface area (Å²) in [5.41, 5.74) is 7.53. The first-order chi connectivity index (χ1) is 9.70. The Morgan fingerprint density at radius 2 is 2.00 bits per heavy atom. The average Bonchev–Trinajstić information content (AvgIpc) is 2.69. The molecule has 0 amide bonds. The van der Waals surface area contributed by atoms with Crippen LogP contribution in [0.1, 0.15) is 28.5 Å². The van der Waals surface area contributed by atoms with E-state index in [4.69, 9.17) is 10.9 Å². The second-order valence-electron chi connectivity index (χ2n) is 4.81. The van der Waals surface area contributed by atoms with Crippen molar-refractivity contribution in [1.29, 1.82) is 0 Å². The summed E-state index contributed by atoms with van der Waals surface area (Å²) in [6, 6.07) is 4.69. The van der Waals surface area contributed by atoms with Gasteiger partial charge in [-0.05, 0) is 32.9 Å². The van der Waals surface area contributed by atoms with E-state index in [0.717, 1.165) is 15.6 Å². The molecule has 1 atom stereocenters. The zero-order valence-corrected chi connectivity index (χ0v) is 13.7. The van der Waals surface area contributed by atoms with Crippen LogP contribution in [-0.4, -0.2) is 13.4 Å². The Balaban J connectivity index is 2.34. The molecular weight excluding hydrogens is 308 g/mol. The number of hydrogen-bond acceptors (Lipinski definition) is 6. The fourth-order valence-electron chi connectivity index (χ4n) is 2.17. The van der Waals surface area contributed by atoms with Crippen LogP contribution in [0.3, 0.4) is 0 Å². The van der Waals surface area contributed by atoms with Gasteiger partial charge in [0.2, 0.25) is 10.0 Å². The van der Waals surface area contributed by atoms with Crippen LogP contribution in [0, 0.1) is 13.8 Å². The highest BCUT2D eigenvalue weighted by atomic mass is 32.2. The van der Waals surface area contributed by atoms with Crippen LogP contribution in [-0.2, 0) is 10.0 Å². The highest BCUT2D eigenvalue weighted by Crippen LogP contribution is 2.31. The Morgan fingerprint density at radius 1 is 1.33 bits per heavy atom. The number of aromatic nitrogens is 1. The standard InChI is InChI=1S/C13H18N4O2S2/c1-7-13(20-9(3)16-7)8(2)17-10-5-4-6-11(12(10)14)21(15,18)19/h4-6,8,17H,14H2,1-3H3,(H2,15,18,19). The Morgan fingerprint density at radius 3 is 2.52 bits per heavy atom. The van der Waals surface area contributed by atoms with Gasteiger partial charge in [-0.25, -0.2) is 18.5 Å². The van der Waals surface area contributed by atoms with Crippen molar-refractivity contribution in [3.63, 3.8) is 0 Å². The minimum Gasteiger partial charge on any atom is -0.396 e. The van der Waals surface area contributed by atoms with E-state index in [9.17, 15) is 8.42 Å². The van der Waals surface area contributed by atoms with E-state index in [1.165, 1.54) is 6.07 Å². The largest absolute Gasteiger partial charge is 0.396 e. The number of primary sulfonamides is 1. The summed E-state index contributed by atoms with van der Waals surface area (Å²) in [6.45, 7) is 5.87. The molecule has 0 aliphatic heterocycles. The third kappa shape index (κ3) is 3.34. The molecule has 0 fully saturated rings. The van der Waals surface area contributed by atoms with Gasteiger partial charge in [0.25, 0.3) is 0 Å². The summed E-state index contributed by atoms with van der Waals surface area (Å²) in [4.78, 5) is 5.40. The molecular formula is C13H18N4O2S2. The van der Waals surface area contributed by atoms with E-state index in [-0.39, 0.29) is 16.6 Å².